The second-order valence-corrected chi connectivity index (χ2v) is 7.14. The molecule has 0 radical (unpaired) electrons. The molecule has 0 atom stereocenters. The van der Waals surface area contributed by atoms with E-state index in [0.29, 0.717) is 16.7 Å². The molecule has 5 nitrogen and oxygen atoms in total. The van der Waals surface area contributed by atoms with Crippen LogP contribution in [0, 0.1) is 0 Å². The average molecular weight is 356 g/mol. The first-order valence-corrected chi connectivity index (χ1v) is 8.26. The lowest BCUT2D eigenvalue weighted by Crippen LogP contribution is -2.34. The summed E-state index contributed by atoms with van der Waals surface area (Å²) >= 11 is 5.14. The van der Waals surface area contributed by atoms with E-state index in [4.69, 9.17) is 22.3 Å². The molecule has 2 aromatic carbocycles. The van der Waals surface area contributed by atoms with E-state index in [0.717, 1.165) is 5.56 Å². The van der Waals surface area contributed by atoms with Crippen LogP contribution in [0.1, 0.15) is 36.7 Å². The Morgan fingerprint density at radius 3 is 2.04 bits per heavy atom. The van der Waals surface area contributed by atoms with Crippen molar-refractivity contribution in [3.05, 3.63) is 59.7 Å². The fraction of sp³-hybridized carbons (Fsp3) is 0.222. The van der Waals surface area contributed by atoms with Gasteiger partial charge in [0.25, 0.3) is 5.91 Å². The molecule has 0 bridgehead atoms. The Morgan fingerprint density at radius 1 is 1.00 bits per heavy atom. The number of rotatable bonds is 3. The summed E-state index contributed by atoms with van der Waals surface area (Å²) in [5.74, 6) is -0.291. The van der Waals surface area contributed by atoms with Crippen molar-refractivity contribution in [1.29, 1.82) is 0 Å². The lowest BCUT2D eigenvalue weighted by Gasteiger charge is -2.19. The van der Waals surface area contributed by atoms with Gasteiger partial charge in [0, 0.05) is 11.3 Å². The number of amides is 1. The molecule has 1 amide bonds. The van der Waals surface area contributed by atoms with Gasteiger partial charge < -0.3 is 15.4 Å². The lowest BCUT2D eigenvalue weighted by atomic mass is 9.80. The van der Waals surface area contributed by atoms with E-state index in [2.05, 4.69) is 31.4 Å². The van der Waals surface area contributed by atoms with Crippen molar-refractivity contribution in [1.82, 2.24) is 5.32 Å². The van der Waals surface area contributed by atoms with Crippen molar-refractivity contribution in [3.63, 3.8) is 0 Å². The van der Waals surface area contributed by atoms with Crippen molar-refractivity contribution < 1.29 is 14.8 Å². The molecular formula is C18H21BN2O3S. The van der Waals surface area contributed by atoms with Crippen LogP contribution in [0.2, 0.25) is 0 Å². The van der Waals surface area contributed by atoms with E-state index in [1.807, 2.05) is 12.1 Å². The Hall–Kier alpha value is -2.22. The summed E-state index contributed by atoms with van der Waals surface area (Å²) in [5, 5.41) is 23.8. The van der Waals surface area contributed by atoms with Gasteiger partial charge in [0.05, 0.1) is 0 Å². The third kappa shape index (κ3) is 5.39. The molecule has 25 heavy (non-hydrogen) atoms. The Morgan fingerprint density at radius 2 is 1.56 bits per heavy atom. The summed E-state index contributed by atoms with van der Waals surface area (Å²) in [4.78, 5) is 12.2. The molecule has 0 aliphatic rings. The zero-order chi connectivity index (χ0) is 18.6. The van der Waals surface area contributed by atoms with Gasteiger partial charge in [-0.3, -0.25) is 10.1 Å². The molecule has 2 aromatic rings. The standard InChI is InChI=1S/C18H21BN2O3S/c1-18(2,3)13-6-4-12(5-7-13)16(22)21-17(25)20-15-10-8-14(9-11-15)19(23)24/h4-11,23-24H,1-3H3,(H2,20,21,22,25). The zero-order valence-corrected chi connectivity index (χ0v) is 15.2. The normalized spacial score (nSPS) is 10.9. The van der Waals surface area contributed by atoms with Crippen LogP contribution in [-0.4, -0.2) is 28.2 Å². The monoisotopic (exact) mass is 356 g/mol. The molecule has 0 aromatic heterocycles. The Labute approximate surface area is 153 Å². The van der Waals surface area contributed by atoms with Gasteiger partial charge in [-0.15, -0.1) is 0 Å². The highest BCUT2D eigenvalue weighted by Gasteiger charge is 2.15. The van der Waals surface area contributed by atoms with E-state index < -0.39 is 7.12 Å². The molecule has 0 saturated heterocycles. The van der Waals surface area contributed by atoms with E-state index in [1.54, 1.807) is 36.4 Å². The highest BCUT2D eigenvalue weighted by Crippen LogP contribution is 2.22. The minimum Gasteiger partial charge on any atom is -0.423 e. The molecule has 2 rings (SSSR count). The van der Waals surface area contributed by atoms with Crippen molar-refractivity contribution in [2.45, 2.75) is 26.2 Å². The summed E-state index contributed by atoms with van der Waals surface area (Å²) < 4.78 is 0. The minimum absolute atomic E-state index is 0.0279. The molecule has 0 fully saturated rings. The summed E-state index contributed by atoms with van der Waals surface area (Å²) in [6, 6.07) is 13.8. The van der Waals surface area contributed by atoms with E-state index in [-0.39, 0.29) is 16.4 Å². The van der Waals surface area contributed by atoms with Crippen molar-refractivity contribution in [2.75, 3.05) is 5.32 Å². The summed E-state index contributed by atoms with van der Waals surface area (Å²) in [6.07, 6.45) is 0. The van der Waals surface area contributed by atoms with Crippen molar-refractivity contribution >= 4 is 41.5 Å². The van der Waals surface area contributed by atoms with E-state index >= 15 is 0 Å². The van der Waals surface area contributed by atoms with E-state index in [1.165, 1.54) is 0 Å². The number of anilines is 1. The van der Waals surface area contributed by atoms with E-state index in [9.17, 15) is 4.79 Å². The van der Waals surface area contributed by atoms with Crippen LogP contribution >= 0.6 is 12.2 Å². The molecule has 0 spiro atoms. The molecular weight excluding hydrogens is 335 g/mol. The highest BCUT2D eigenvalue weighted by atomic mass is 32.1. The predicted molar refractivity (Wildman–Crippen MR) is 105 cm³/mol. The maximum Gasteiger partial charge on any atom is 0.488 e. The third-order valence-electron chi connectivity index (χ3n) is 3.71. The fourth-order valence-electron chi connectivity index (χ4n) is 2.20. The van der Waals surface area contributed by atoms with Crippen molar-refractivity contribution in [3.8, 4) is 0 Å². The number of carbonyl (C=O) groups excluding carboxylic acids is 1. The van der Waals surface area contributed by atoms with Crippen LogP contribution < -0.4 is 16.1 Å². The predicted octanol–water partition coefficient (Wildman–Crippen LogP) is 1.79. The minimum atomic E-state index is -1.52. The fourth-order valence-corrected chi connectivity index (χ4v) is 2.41. The Bertz CT molecular complexity index is 753. The maximum absolute atomic E-state index is 12.2. The molecule has 130 valence electrons. The number of carbonyl (C=O) groups is 1. The van der Waals surface area contributed by atoms with Crippen LogP contribution in [0.25, 0.3) is 0 Å². The second-order valence-electron chi connectivity index (χ2n) is 6.73. The first kappa shape index (κ1) is 19.1. The number of hydrogen-bond acceptors (Lipinski definition) is 4. The summed E-state index contributed by atoms with van der Waals surface area (Å²) in [6.45, 7) is 6.34. The SMILES string of the molecule is CC(C)(C)c1ccc(C(=O)NC(=S)Nc2ccc(B(O)O)cc2)cc1. The molecule has 0 aliphatic carbocycles. The van der Waals surface area contributed by atoms with Gasteiger partial charge in [-0.25, -0.2) is 0 Å². The second kappa shape index (κ2) is 7.78. The van der Waals surface area contributed by atoms with Gasteiger partial charge in [-0.2, -0.15) is 0 Å². The molecule has 0 unspecified atom stereocenters. The highest BCUT2D eigenvalue weighted by molar-refractivity contribution is 7.80. The largest absolute Gasteiger partial charge is 0.488 e. The van der Waals surface area contributed by atoms with Crippen LogP contribution in [0.5, 0.6) is 0 Å². The zero-order valence-electron chi connectivity index (χ0n) is 14.4. The Balaban J connectivity index is 1.96. The molecule has 7 heteroatoms. The maximum atomic E-state index is 12.2. The third-order valence-corrected chi connectivity index (χ3v) is 3.91. The smallest absolute Gasteiger partial charge is 0.423 e. The van der Waals surface area contributed by atoms with Crippen LogP contribution in [0.3, 0.4) is 0 Å². The van der Waals surface area contributed by atoms with Crippen LogP contribution in [0.15, 0.2) is 48.5 Å². The Kier molecular flexibility index (Phi) is 5.95. The summed E-state index contributed by atoms with van der Waals surface area (Å²) in [7, 11) is -1.52. The molecule has 4 N–H and O–H groups in total. The van der Waals surface area contributed by atoms with Crippen LogP contribution in [0.4, 0.5) is 5.69 Å². The van der Waals surface area contributed by atoms with Gasteiger partial charge in [0.1, 0.15) is 0 Å². The molecule has 0 saturated carbocycles. The van der Waals surface area contributed by atoms with Gasteiger partial charge in [0.15, 0.2) is 5.11 Å². The van der Waals surface area contributed by atoms with Gasteiger partial charge in [0.2, 0.25) is 0 Å². The average Bonchev–Trinajstić information content (AvgIpc) is 2.54. The number of nitrogens with one attached hydrogen (secondary N) is 2. The number of benzene rings is 2. The molecule has 0 aliphatic heterocycles. The van der Waals surface area contributed by atoms with Crippen LogP contribution in [-0.2, 0) is 5.41 Å². The van der Waals surface area contributed by atoms with Crippen molar-refractivity contribution in [2.24, 2.45) is 0 Å². The quantitative estimate of drug-likeness (QED) is 0.498. The summed E-state index contributed by atoms with van der Waals surface area (Å²) in [5.41, 5.74) is 2.71. The van der Waals surface area contributed by atoms with Gasteiger partial charge in [-0.1, -0.05) is 45.0 Å². The first-order chi connectivity index (χ1) is 11.7. The van der Waals surface area contributed by atoms with Gasteiger partial charge >= 0.3 is 7.12 Å². The van der Waals surface area contributed by atoms with Gasteiger partial charge in [-0.05, 0) is 52.9 Å². The lowest BCUT2D eigenvalue weighted by molar-refractivity contribution is 0.0977. The number of hydrogen-bond donors (Lipinski definition) is 4. The topological polar surface area (TPSA) is 81.6 Å². The first-order valence-electron chi connectivity index (χ1n) is 7.86. The number of thiocarbonyl (C=S) groups is 1. The molecule has 0 heterocycles.